The minimum absolute atomic E-state index is 0.218. The first-order chi connectivity index (χ1) is 11.5. The van der Waals surface area contributed by atoms with Gasteiger partial charge >= 0.3 is 0 Å². The summed E-state index contributed by atoms with van der Waals surface area (Å²) in [6, 6.07) is 0. The number of alkyl halides is 1. The van der Waals surface area contributed by atoms with Gasteiger partial charge in [-0.15, -0.1) is 11.6 Å². The summed E-state index contributed by atoms with van der Waals surface area (Å²) in [5, 5.41) is 0.366. The number of ether oxygens (including phenoxy) is 2. The lowest BCUT2D eigenvalue weighted by molar-refractivity contribution is -0.242. The van der Waals surface area contributed by atoms with Gasteiger partial charge in [0.1, 0.15) is 0 Å². The minimum atomic E-state index is -0.263. The van der Waals surface area contributed by atoms with Crippen LogP contribution >= 0.6 is 11.6 Å². The van der Waals surface area contributed by atoms with Gasteiger partial charge in [-0.2, -0.15) is 0 Å². The molecule has 0 N–H and O–H groups in total. The predicted molar refractivity (Wildman–Crippen MR) is 96.0 cm³/mol. The number of halogens is 1. The summed E-state index contributed by atoms with van der Waals surface area (Å²) < 4.78 is 12.5. The van der Waals surface area contributed by atoms with Crippen LogP contribution < -0.4 is 0 Å². The Morgan fingerprint density at radius 2 is 1.75 bits per heavy atom. The van der Waals surface area contributed by atoms with E-state index in [1.165, 1.54) is 38.5 Å². The van der Waals surface area contributed by atoms with Gasteiger partial charge < -0.3 is 9.47 Å². The largest absolute Gasteiger partial charge is 0.347 e. The average molecular weight is 351 g/mol. The average Bonchev–Trinajstić information content (AvgIpc) is 3.15. The third-order valence-electron chi connectivity index (χ3n) is 8.84. The molecule has 0 aromatic heterocycles. The maximum Gasteiger partial charge on any atom is 0.174 e. The van der Waals surface area contributed by atoms with Crippen LogP contribution in [0.2, 0.25) is 0 Å². The Bertz CT molecular complexity index is 566. The third-order valence-corrected chi connectivity index (χ3v) is 9.21. The first kappa shape index (κ1) is 16.1. The van der Waals surface area contributed by atoms with Gasteiger partial charge in [-0.25, -0.2) is 0 Å². The number of fused-ring (bicyclic) bond motifs is 6. The highest BCUT2D eigenvalue weighted by atomic mass is 35.5. The predicted octanol–water partition coefficient (Wildman–Crippen LogP) is 5.30. The Morgan fingerprint density at radius 3 is 2.54 bits per heavy atom. The zero-order valence-electron chi connectivity index (χ0n) is 15.2. The maximum atomic E-state index is 6.49. The third kappa shape index (κ3) is 1.91. The lowest BCUT2D eigenvalue weighted by Gasteiger charge is -2.58. The van der Waals surface area contributed by atoms with Gasteiger partial charge in [-0.05, 0) is 68.1 Å². The Hall–Kier alpha value is -0.0500. The van der Waals surface area contributed by atoms with Crippen LogP contribution in [0.25, 0.3) is 0 Å². The highest BCUT2D eigenvalue weighted by molar-refractivity contribution is 6.20. The molecule has 0 aromatic rings. The second kappa shape index (κ2) is 5.24. The van der Waals surface area contributed by atoms with Crippen molar-refractivity contribution >= 4 is 11.6 Å². The van der Waals surface area contributed by atoms with E-state index >= 15 is 0 Å². The van der Waals surface area contributed by atoms with Crippen LogP contribution in [-0.2, 0) is 9.47 Å². The molecule has 0 radical (unpaired) electrons. The molecule has 2 nitrogen and oxygen atoms in total. The Morgan fingerprint density at radius 1 is 1.00 bits per heavy atom. The molecule has 5 aliphatic rings. The van der Waals surface area contributed by atoms with Crippen molar-refractivity contribution in [2.24, 2.45) is 28.6 Å². The normalized spacial score (nSPS) is 52.5. The number of allylic oxidation sites excluding steroid dienone is 2. The molecular weight excluding hydrogens is 320 g/mol. The monoisotopic (exact) mass is 350 g/mol. The Labute approximate surface area is 151 Å². The molecular formula is C21H31ClO2. The minimum Gasteiger partial charge on any atom is -0.347 e. The highest BCUT2D eigenvalue weighted by Crippen LogP contribution is 2.68. The van der Waals surface area contributed by atoms with Crippen molar-refractivity contribution in [1.82, 2.24) is 0 Å². The summed E-state index contributed by atoms with van der Waals surface area (Å²) in [5.74, 6) is 2.16. The standard InChI is InChI=1S/C21H31ClO2/c1-19-8-5-15(22)13-14(19)3-4-16-17(19)6-9-20(2)18(16)7-10-21(20)23-11-12-24-21/h3,15-18H,4-13H2,1-2H3/t15-,16-,17+,18-,19+,20-/m1/s1. The lowest BCUT2D eigenvalue weighted by Crippen LogP contribution is -2.54. The molecule has 3 saturated carbocycles. The maximum absolute atomic E-state index is 6.49. The van der Waals surface area contributed by atoms with E-state index in [4.69, 9.17) is 21.1 Å². The van der Waals surface area contributed by atoms with E-state index in [0.717, 1.165) is 43.8 Å². The van der Waals surface area contributed by atoms with Crippen molar-refractivity contribution in [3.8, 4) is 0 Å². The summed E-state index contributed by atoms with van der Waals surface area (Å²) in [7, 11) is 0. The molecule has 4 fully saturated rings. The molecule has 1 saturated heterocycles. The first-order valence-electron chi connectivity index (χ1n) is 10.1. The van der Waals surface area contributed by atoms with Gasteiger partial charge in [0.15, 0.2) is 5.79 Å². The SMILES string of the molecule is C[C@]12CC[C@@H](Cl)CC1=CC[C@H]1[C@H]3CCC4(OCCO4)[C@]3(C)CC[C@@H]12. The second-order valence-electron chi connectivity index (χ2n) is 9.54. The summed E-state index contributed by atoms with van der Waals surface area (Å²) in [6.07, 6.45) is 12.5. The molecule has 3 heteroatoms. The van der Waals surface area contributed by atoms with Crippen molar-refractivity contribution in [1.29, 1.82) is 0 Å². The lowest BCUT2D eigenvalue weighted by atomic mass is 9.48. The fraction of sp³-hybridized carbons (Fsp3) is 0.905. The van der Waals surface area contributed by atoms with E-state index in [1.807, 2.05) is 0 Å². The van der Waals surface area contributed by atoms with Crippen molar-refractivity contribution in [2.75, 3.05) is 13.2 Å². The molecule has 5 rings (SSSR count). The highest BCUT2D eigenvalue weighted by Gasteiger charge is 2.66. The van der Waals surface area contributed by atoms with Crippen LogP contribution in [0.3, 0.4) is 0 Å². The molecule has 1 spiro atoms. The number of hydrogen-bond acceptors (Lipinski definition) is 2. The van der Waals surface area contributed by atoms with Gasteiger partial charge in [0.25, 0.3) is 0 Å². The van der Waals surface area contributed by atoms with E-state index in [1.54, 1.807) is 5.57 Å². The number of hydrogen-bond donors (Lipinski definition) is 0. The summed E-state index contributed by atoms with van der Waals surface area (Å²) in [5.41, 5.74) is 2.30. The quantitative estimate of drug-likeness (QED) is 0.436. The Balaban J connectivity index is 1.49. The zero-order chi connectivity index (χ0) is 16.6. The van der Waals surface area contributed by atoms with E-state index < -0.39 is 0 Å². The van der Waals surface area contributed by atoms with Gasteiger partial charge in [0.05, 0.1) is 13.2 Å². The van der Waals surface area contributed by atoms with Gasteiger partial charge in [0.2, 0.25) is 0 Å². The molecule has 1 heterocycles. The summed E-state index contributed by atoms with van der Waals surface area (Å²) in [6.45, 7) is 6.60. The van der Waals surface area contributed by atoms with Gasteiger partial charge in [-0.3, -0.25) is 0 Å². The molecule has 0 aromatic carbocycles. The van der Waals surface area contributed by atoms with Crippen LogP contribution in [0.4, 0.5) is 0 Å². The van der Waals surface area contributed by atoms with Crippen LogP contribution in [0.1, 0.15) is 65.2 Å². The molecule has 134 valence electrons. The molecule has 6 atom stereocenters. The second-order valence-corrected chi connectivity index (χ2v) is 10.2. The van der Waals surface area contributed by atoms with Crippen molar-refractivity contribution in [2.45, 2.75) is 76.4 Å². The molecule has 0 amide bonds. The van der Waals surface area contributed by atoms with E-state index in [9.17, 15) is 0 Å². The molecule has 1 aliphatic heterocycles. The fourth-order valence-corrected chi connectivity index (χ4v) is 7.78. The summed E-state index contributed by atoms with van der Waals surface area (Å²) >= 11 is 6.49. The van der Waals surface area contributed by atoms with Crippen molar-refractivity contribution in [3.05, 3.63) is 11.6 Å². The van der Waals surface area contributed by atoms with E-state index in [0.29, 0.717) is 10.8 Å². The number of rotatable bonds is 0. The topological polar surface area (TPSA) is 18.5 Å². The summed E-state index contributed by atoms with van der Waals surface area (Å²) in [4.78, 5) is 0. The molecule has 4 aliphatic carbocycles. The molecule has 24 heavy (non-hydrogen) atoms. The smallest absolute Gasteiger partial charge is 0.174 e. The van der Waals surface area contributed by atoms with Crippen molar-refractivity contribution in [3.63, 3.8) is 0 Å². The van der Waals surface area contributed by atoms with Crippen LogP contribution in [0, 0.1) is 28.6 Å². The van der Waals surface area contributed by atoms with Crippen molar-refractivity contribution < 1.29 is 9.47 Å². The first-order valence-corrected chi connectivity index (χ1v) is 10.5. The van der Waals surface area contributed by atoms with E-state index in [-0.39, 0.29) is 11.2 Å². The molecule has 0 unspecified atom stereocenters. The van der Waals surface area contributed by atoms with Gasteiger partial charge in [0, 0.05) is 17.2 Å². The zero-order valence-corrected chi connectivity index (χ0v) is 15.9. The Kier molecular flexibility index (Phi) is 3.52. The van der Waals surface area contributed by atoms with Crippen LogP contribution in [0.5, 0.6) is 0 Å². The van der Waals surface area contributed by atoms with Gasteiger partial charge in [-0.1, -0.05) is 25.5 Å². The van der Waals surface area contributed by atoms with Crippen LogP contribution in [0.15, 0.2) is 11.6 Å². The molecule has 0 bridgehead atoms. The van der Waals surface area contributed by atoms with E-state index in [2.05, 4.69) is 19.9 Å². The van der Waals surface area contributed by atoms with Crippen LogP contribution in [-0.4, -0.2) is 24.4 Å². The fourth-order valence-electron chi connectivity index (χ4n) is 7.50.